The first-order valence-electron chi connectivity index (χ1n) is 6.29. The zero-order valence-electron chi connectivity index (χ0n) is 12.5. The lowest BCUT2D eigenvalue weighted by atomic mass is 9.86. The number of carbonyl (C=O) groups excluding carboxylic acids is 2. The summed E-state index contributed by atoms with van der Waals surface area (Å²) in [5.74, 6) is -0.348. The quantitative estimate of drug-likeness (QED) is 0.777. The summed E-state index contributed by atoms with van der Waals surface area (Å²) in [4.78, 5) is 22.4. The van der Waals surface area contributed by atoms with Crippen LogP contribution < -0.4 is 20.5 Å². The van der Waals surface area contributed by atoms with Gasteiger partial charge in [0.25, 0.3) is 0 Å². The Morgan fingerprint density at radius 1 is 1.33 bits per heavy atom. The SMILES string of the molecule is COc1c(NC(=O)CO)cc(C(C)(C)C)cc1OC(N)=O. The number of nitrogens with one attached hydrogen (secondary N) is 1. The van der Waals surface area contributed by atoms with E-state index in [1.54, 1.807) is 12.1 Å². The van der Waals surface area contributed by atoms with Crippen LogP contribution in [0.2, 0.25) is 0 Å². The first kappa shape index (κ1) is 16.8. The number of primary amides is 1. The number of carbonyl (C=O) groups is 2. The van der Waals surface area contributed by atoms with Gasteiger partial charge >= 0.3 is 6.09 Å². The molecule has 7 nitrogen and oxygen atoms in total. The minimum Gasteiger partial charge on any atom is -0.491 e. The number of aliphatic hydroxyl groups is 1. The molecule has 0 aliphatic rings. The maximum atomic E-state index is 11.4. The first-order chi connectivity index (χ1) is 9.68. The number of methoxy groups -OCH3 is 1. The van der Waals surface area contributed by atoms with Crippen LogP contribution in [0.15, 0.2) is 12.1 Å². The molecule has 0 bridgehead atoms. The molecule has 0 saturated heterocycles. The van der Waals surface area contributed by atoms with Crippen molar-refractivity contribution in [2.45, 2.75) is 26.2 Å². The summed E-state index contributed by atoms with van der Waals surface area (Å²) in [5.41, 5.74) is 5.87. The normalized spacial score (nSPS) is 10.9. The van der Waals surface area contributed by atoms with Gasteiger partial charge < -0.3 is 25.6 Å². The topological polar surface area (TPSA) is 111 Å². The number of amides is 2. The van der Waals surface area contributed by atoms with Crippen molar-refractivity contribution in [3.8, 4) is 11.5 Å². The third-order valence-corrected chi connectivity index (χ3v) is 2.75. The predicted octanol–water partition coefficient (Wildman–Crippen LogP) is 1.38. The van der Waals surface area contributed by atoms with Crippen LogP contribution in [0.4, 0.5) is 10.5 Å². The lowest BCUT2D eigenvalue weighted by molar-refractivity contribution is -0.118. The summed E-state index contributed by atoms with van der Waals surface area (Å²) in [6.45, 7) is 5.20. The molecule has 0 spiro atoms. The molecule has 0 aliphatic carbocycles. The monoisotopic (exact) mass is 296 g/mol. The van der Waals surface area contributed by atoms with Gasteiger partial charge in [-0.05, 0) is 23.1 Å². The summed E-state index contributed by atoms with van der Waals surface area (Å²) < 4.78 is 10.1. The van der Waals surface area contributed by atoms with E-state index in [9.17, 15) is 9.59 Å². The van der Waals surface area contributed by atoms with Gasteiger partial charge in [0.1, 0.15) is 6.61 Å². The van der Waals surface area contributed by atoms with Crippen LogP contribution in [0, 0.1) is 0 Å². The summed E-state index contributed by atoms with van der Waals surface area (Å²) in [6.07, 6.45) is -0.987. The molecule has 0 heterocycles. The molecule has 116 valence electrons. The molecule has 1 rings (SSSR count). The van der Waals surface area contributed by atoms with Crippen molar-refractivity contribution in [2.75, 3.05) is 19.0 Å². The summed E-state index contributed by atoms with van der Waals surface area (Å²) in [5, 5.41) is 11.3. The maximum absolute atomic E-state index is 11.4. The highest BCUT2D eigenvalue weighted by molar-refractivity contribution is 5.94. The van der Waals surface area contributed by atoms with E-state index in [1.807, 2.05) is 20.8 Å². The largest absolute Gasteiger partial charge is 0.491 e. The average Bonchev–Trinajstić information content (AvgIpc) is 2.36. The van der Waals surface area contributed by atoms with E-state index in [4.69, 9.17) is 20.3 Å². The van der Waals surface area contributed by atoms with E-state index in [2.05, 4.69) is 5.32 Å². The Morgan fingerprint density at radius 3 is 2.38 bits per heavy atom. The van der Waals surface area contributed by atoms with E-state index < -0.39 is 18.6 Å². The molecule has 1 aromatic carbocycles. The molecule has 2 amide bonds. The van der Waals surface area contributed by atoms with Crippen LogP contribution in [-0.4, -0.2) is 30.8 Å². The molecule has 21 heavy (non-hydrogen) atoms. The standard InChI is InChI=1S/C14H20N2O5/c1-14(2,3)8-5-9(16-11(18)7-17)12(20-4)10(6-8)21-13(15)19/h5-6,17H,7H2,1-4H3,(H2,15,19)(H,16,18). The highest BCUT2D eigenvalue weighted by Gasteiger charge is 2.22. The van der Waals surface area contributed by atoms with Crippen LogP contribution in [-0.2, 0) is 10.2 Å². The van der Waals surface area contributed by atoms with Crippen molar-refractivity contribution >= 4 is 17.7 Å². The van der Waals surface area contributed by atoms with E-state index >= 15 is 0 Å². The lowest BCUT2D eigenvalue weighted by Crippen LogP contribution is -2.20. The highest BCUT2D eigenvalue weighted by Crippen LogP contribution is 2.40. The summed E-state index contributed by atoms with van der Waals surface area (Å²) >= 11 is 0. The molecule has 1 aromatic rings. The van der Waals surface area contributed by atoms with Crippen LogP contribution in [0.25, 0.3) is 0 Å². The minimum absolute atomic E-state index is 0.102. The van der Waals surface area contributed by atoms with Crippen molar-refractivity contribution in [2.24, 2.45) is 5.73 Å². The Labute approximate surface area is 123 Å². The Bertz CT molecular complexity index is 549. The fraction of sp³-hybridized carbons (Fsp3) is 0.429. The number of hydrogen-bond acceptors (Lipinski definition) is 5. The van der Waals surface area contributed by atoms with E-state index in [-0.39, 0.29) is 16.9 Å². The lowest BCUT2D eigenvalue weighted by Gasteiger charge is -2.23. The van der Waals surface area contributed by atoms with Crippen LogP contribution in [0.5, 0.6) is 11.5 Å². The molecule has 7 heteroatoms. The van der Waals surface area contributed by atoms with Gasteiger partial charge in [0.2, 0.25) is 5.91 Å². The second-order valence-corrected chi connectivity index (χ2v) is 5.43. The van der Waals surface area contributed by atoms with E-state index in [0.29, 0.717) is 5.69 Å². The van der Waals surface area contributed by atoms with Gasteiger partial charge in [-0.2, -0.15) is 0 Å². The molecule has 0 atom stereocenters. The number of hydrogen-bond donors (Lipinski definition) is 3. The molecule has 0 aromatic heterocycles. The average molecular weight is 296 g/mol. The summed E-state index contributed by atoms with van der Waals surface area (Å²) in [6, 6.07) is 3.32. The third-order valence-electron chi connectivity index (χ3n) is 2.75. The molecular formula is C14H20N2O5. The molecule has 0 radical (unpaired) electrons. The molecular weight excluding hydrogens is 276 g/mol. The van der Waals surface area contributed by atoms with Gasteiger partial charge in [0.05, 0.1) is 12.8 Å². The number of nitrogens with two attached hydrogens (primary N) is 1. The zero-order valence-corrected chi connectivity index (χ0v) is 12.5. The second-order valence-electron chi connectivity index (χ2n) is 5.43. The van der Waals surface area contributed by atoms with Gasteiger partial charge in [0.15, 0.2) is 11.5 Å². The van der Waals surface area contributed by atoms with Crippen molar-refractivity contribution in [1.82, 2.24) is 0 Å². The van der Waals surface area contributed by atoms with Gasteiger partial charge in [-0.3, -0.25) is 4.79 Å². The maximum Gasteiger partial charge on any atom is 0.410 e. The minimum atomic E-state index is -0.987. The number of benzene rings is 1. The van der Waals surface area contributed by atoms with Gasteiger partial charge in [-0.25, -0.2) is 4.79 Å². The molecule has 0 saturated carbocycles. The van der Waals surface area contributed by atoms with Crippen molar-refractivity contribution in [1.29, 1.82) is 0 Å². The Morgan fingerprint density at radius 2 is 1.95 bits per heavy atom. The van der Waals surface area contributed by atoms with Crippen LogP contribution >= 0.6 is 0 Å². The van der Waals surface area contributed by atoms with Crippen LogP contribution in [0.1, 0.15) is 26.3 Å². The van der Waals surface area contributed by atoms with Crippen molar-refractivity contribution in [3.63, 3.8) is 0 Å². The number of ether oxygens (including phenoxy) is 2. The second kappa shape index (κ2) is 6.45. The predicted molar refractivity (Wildman–Crippen MR) is 77.6 cm³/mol. The fourth-order valence-electron chi connectivity index (χ4n) is 1.71. The van der Waals surface area contributed by atoms with Crippen LogP contribution in [0.3, 0.4) is 0 Å². The third kappa shape index (κ3) is 4.35. The van der Waals surface area contributed by atoms with Gasteiger partial charge in [0, 0.05) is 0 Å². The molecule has 0 aliphatic heterocycles. The van der Waals surface area contributed by atoms with E-state index in [1.165, 1.54) is 7.11 Å². The van der Waals surface area contributed by atoms with E-state index in [0.717, 1.165) is 5.56 Å². The fourth-order valence-corrected chi connectivity index (χ4v) is 1.71. The van der Waals surface area contributed by atoms with Gasteiger partial charge in [-0.15, -0.1) is 0 Å². The van der Waals surface area contributed by atoms with Crippen molar-refractivity contribution < 1.29 is 24.2 Å². The highest BCUT2D eigenvalue weighted by atomic mass is 16.6. The van der Waals surface area contributed by atoms with Crippen molar-refractivity contribution in [3.05, 3.63) is 17.7 Å². The first-order valence-corrected chi connectivity index (χ1v) is 6.29. The number of anilines is 1. The molecule has 0 unspecified atom stereocenters. The Hall–Kier alpha value is -2.28. The van der Waals surface area contributed by atoms with Gasteiger partial charge in [-0.1, -0.05) is 20.8 Å². The number of rotatable bonds is 4. The molecule has 4 N–H and O–H groups in total. The summed E-state index contributed by atoms with van der Waals surface area (Å²) in [7, 11) is 1.37. The smallest absolute Gasteiger partial charge is 0.410 e. The zero-order chi connectivity index (χ0) is 16.2. The molecule has 0 fully saturated rings. The Balaban J connectivity index is 3.43. The number of aliphatic hydroxyl groups excluding tert-OH is 1. The Kier molecular flexibility index (Phi) is 5.15.